The van der Waals surface area contributed by atoms with Gasteiger partial charge in [-0.3, -0.25) is 14.5 Å². The first-order valence-corrected chi connectivity index (χ1v) is 8.45. The van der Waals surface area contributed by atoms with Gasteiger partial charge in [-0.05, 0) is 36.6 Å². The van der Waals surface area contributed by atoms with Crippen molar-refractivity contribution in [2.24, 2.45) is 7.05 Å². The van der Waals surface area contributed by atoms with E-state index in [1.165, 1.54) is 22.8 Å². The van der Waals surface area contributed by atoms with E-state index in [2.05, 4.69) is 10.2 Å². The van der Waals surface area contributed by atoms with Gasteiger partial charge < -0.3 is 9.88 Å². The normalized spacial score (nSPS) is 15.9. The van der Waals surface area contributed by atoms with Crippen LogP contribution in [0.15, 0.2) is 47.4 Å². The Kier molecular flexibility index (Phi) is 5.28. The zero-order chi connectivity index (χ0) is 17.8. The van der Waals surface area contributed by atoms with Crippen molar-refractivity contribution in [2.45, 2.75) is 25.4 Å². The third-order valence-corrected chi connectivity index (χ3v) is 4.59. The average molecular weight is 343 g/mol. The van der Waals surface area contributed by atoms with Crippen molar-refractivity contribution < 1.29 is 9.18 Å². The third kappa shape index (κ3) is 4.54. The molecule has 25 heavy (non-hydrogen) atoms. The molecule has 1 saturated heterocycles. The van der Waals surface area contributed by atoms with Crippen molar-refractivity contribution in [2.75, 3.05) is 13.1 Å². The van der Waals surface area contributed by atoms with Gasteiger partial charge in [0.2, 0.25) is 5.56 Å². The first-order valence-electron chi connectivity index (χ1n) is 8.45. The number of nitrogens with one attached hydrogen (secondary N) is 1. The lowest BCUT2D eigenvalue weighted by atomic mass is 10.0. The van der Waals surface area contributed by atoms with E-state index >= 15 is 0 Å². The van der Waals surface area contributed by atoms with Crippen LogP contribution in [-0.2, 0) is 13.6 Å². The molecule has 1 fully saturated rings. The van der Waals surface area contributed by atoms with E-state index in [4.69, 9.17) is 0 Å². The maximum atomic E-state index is 13.0. The molecule has 0 atom stereocenters. The molecule has 1 amide bonds. The molecule has 1 N–H and O–H groups in total. The number of hydrogen-bond donors (Lipinski definition) is 1. The van der Waals surface area contributed by atoms with Crippen molar-refractivity contribution in [3.05, 3.63) is 69.9 Å². The number of benzene rings is 1. The van der Waals surface area contributed by atoms with E-state index in [1.54, 1.807) is 19.3 Å². The lowest BCUT2D eigenvalue weighted by Crippen LogP contribution is -2.44. The molecule has 3 rings (SSSR count). The monoisotopic (exact) mass is 343 g/mol. The minimum absolute atomic E-state index is 0.134. The average Bonchev–Trinajstić information content (AvgIpc) is 2.61. The van der Waals surface area contributed by atoms with Crippen molar-refractivity contribution in [3.8, 4) is 0 Å². The van der Waals surface area contributed by atoms with Gasteiger partial charge in [-0.25, -0.2) is 4.39 Å². The summed E-state index contributed by atoms with van der Waals surface area (Å²) >= 11 is 0. The summed E-state index contributed by atoms with van der Waals surface area (Å²) in [5, 5.41) is 3.04. The molecule has 0 unspecified atom stereocenters. The molecule has 1 aliphatic heterocycles. The van der Waals surface area contributed by atoms with Crippen LogP contribution in [0.1, 0.15) is 28.8 Å². The molecule has 1 aromatic carbocycles. The summed E-state index contributed by atoms with van der Waals surface area (Å²) in [7, 11) is 1.63. The first-order chi connectivity index (χ1) is 12.0. The zero-order valence-corrected chi connectivity index (χ0v) is 14.2. The molecule has 2 aromatic rings. The molecule has 132 valence electrons. The zero-order valence-electron chi connectivity index (χ0n) is 14.2. The van der Waals surface area contributed by atoms with Crippen molar-refractivity contribution in [1.29, 1.82) is 0 Å². The lowest BCUT2D eigenvalue weighted by molar-refractivity contribution is 0.0908. The number of aromatic nitrogens is 1. The first kappa shape index (κ1) is 17.4. The summed E-state index contributed by atoms with van der Waals surface area (Å²) in [4.78, 5) is 26.0. The van der Waals surface area contributed by atoms with Crippen LogP contribution in [0.5, 0.6) is 0 Å². The van der Waals surface area contributed by atoms with Gasteiger partial charge in [-0.2, -0.15) is 0 Å². The van der Waals surface area contributed by atoms with Crippen molar-refractivity contribution >= 4 is 5.91 Å². The fourth-order valence-electron chi connectivity index (χ4n) is 3.08. The molecule has 5 nitrogen and oxygen atoms in total. The Hall–Kier alpha value is -2.47. The van der Waals surface area contributed by atoms with Gasteiger partial charge >= 0.3 is 0 Å². The molecule has 0 bridgehead atoms. The van der Waals surface area contributed by atoms with Gasteiger partial charge in [0.05, 0.1) is 5.56 Å². The number of aryl methyl sites for hydroxylation is 1. The summed E-state index contributed by atoms with van der Waals surface area (Å²) < 4.78 is 14.4. The predicted octanol–water partition coefficient (Wildman–Crippen LogP) is 1.92. The summed E-state index contributed by atoms with van der Waals surface area (Å²) in [5.41, 5.74) is 1.45. The molecule has 6 heteroatoms. The van der Waals surface area contributed by atoms with Crippen LogP contribution in [-0.4, -0.2) is 34.5 Å². The summed E-state index contributed by atoms with van der Waals surface area (Å²) in [5.74, 6) is -0.365. The van der Waals surface area contributed by atoms with Gasteiger partial charge in [-0.15, -0.1) is 0 Å². The number of pyridine rings is 1. The third-order valence-electron chi connectivity index (χ3n) is 4.59. The van der Waals surface area contributed by atoms with Crippen LogP contribution < -0.4 is 10.9 Å². The van der Waals surface area contributed by atoms with Crippen LogP contribution in [0.4, 0.5) is 4.39 Å². The van der Waals surface area contributed by atoms with E-state index in [1.807, 2.05) is 12.1 Å². The van der Waals surface area contributed by atoms with Crippen molar-refractivity contribution in [1.82, 2.24) is 14.8 Å². The van der Waals surface area contributed by atoms with Gasteiger partial charge in [0, 0.05) is 45.0 Å². The van der Waals surface area contributed by atoms with E-state index in [-0.39, 0.29) is 23.3 Å². The number of carbonyl (C=O) groups is 1. The molecular weight excluding hydrogens is 321 g/mol. The van der Waals surface area contributed by atoms with E-state index in [0.717, 1.165) is 38.0 Å². The summed E-state index contributed by atoms with van der Waals surface area (Å²) in [6.45, 7) is 2.56. The fourth-order valence-corrected chi connectivity index (χ4v) is 3.08. The fraction of sp³-hybridized carbons (Fsp3) is 0.368. The number of hydrogen-bond acceptors (Lipinski definition) is 3. The highest BCUT2D eigenvalue weighted by molar-refractivity contribution is 5.94. The number of nitrogens with zero attached hydrogens (tertiary/aromatic N) is 2. The highest BCUT2D eigenvalue weighted by Gasteiger charge is 2.21. The Labute approximate surface area is 146 Å². The molecule has 0 spiro atoms. The highest BCUT2D eigenvalue weighted by atomic mass is 19.1. The topological polar surface area (TPSA) is 54.3 Å². The minimum atomic E-state index is -0.219. The second-order valence-electron chi connectivity index (χ2n) is 6.52. The number of rotatable bonds is 4. The number of piperidine rings is 1. The second-order valence-corrected chi connectivity index (χ2v) is 6.52. The Morgan fingerprint density at radius 1 is 1.16 bits per heavy atom. The van der Waals surface area contributed by atoms with E-state index in [9.17, 15) is 14.0 Å². The number of halogens is 1. The molecule has 0 aliphatic carbocycles. The van der Waals surface area contributed by atoms with Crippen LogP contribution in [0, 0.1) is 5.82 Å². The van der Waals surface area contributed by atoms with Gasteiger partial charge in [0.15, 0.2) is 0 Å². The number of amides is 1. The standard InChI is InChI=1S/C19H22FN3O2/c1-22-13-15(4-7-18(22)24)19(25)21-17-8-10-23(11-9-17)12-14-2-5-16(20)6-3-14/h2-7,13,17H,8-12H2,1H3,(H,21,25). The van der Waals surface area contributed by atoms with Crippen molar-refractivity contribution in [3.63, 3.8) is 0 Å². The van der Waals surface area contributed by atoms with Crippen LogP contribution >= 0.6 is 0 Å². The number of carbonyl (C=O) groups excluding carboxylic acids is 1. The maximum absolute atomic E-state index is 13.0. The second kappa shape index (κ2) is 7.61. The Balaban J connectivity index is 1.50. The molecular formula is C19H22FN3O2. The maximum Gasteiger partial charge on any atom is 0.252 e. The van der Waals surface area contributed by atoms with E-state index in [0.29, 0.717) is 5.56 Å². The van der Waals surface area contributed by atoms with Crippen LogP contribution in [0.2, 0.25) is 0 Å². The summed E-state index contributed by atoms with van der Waals surface area (Å²) in [6, 6.07) is 9.67. The van der Waals surface area contributed by atoms with Gasteiger partial charge in [0.1, 0.15) is 5.82 Å². The Morgan fingerprint density at radius 3 is 2.48 bits per heavy atom. The number of likely N-dealkylation sites (tertiary alicyclic amines) is 1. The molecule has 0 radical (unpaired) electrons. The smallest absolute Gasteiger partial charge is 0.252 e. The Bertz CT molecular complexity index is 793. The SMILES string of the molecule is Cn1cc(C(=O)NC2CCN(Cc3ccc(F)cc3)CC2)ccc1=O. The lowest BCUT2D eigenvalue weighted by Gasteiger charge is -2.32. The van der Waals surface area contributed by atoms with Gasteiger partial charge in [-0.1, -0.05) is 12.1 Å². The predicted molar refractivity (Wildman–Crippen MR) is 93.8 cm³/mol. The Morgan fingerprint density at radius 2 is 1.84 bits per heavy atom. The molecule has 2 heterocycles. The minimum Gasteiger partial charge on any atom is -0.349 e. The molecule has 1 aliphatic rings. The molecule has 0 saturated carbocycles. The quantitative estimate of drug-likeness (QED) is 0.923. The van der Waals surface area contributed by atoms with Gasteiger partial charge in [0.25, 0.3) is 5.91 Å². The largest absolute Gasteiger partial charge is 0.349 e. The van der Waals surface area contributed by atoms with Crippen LogP contribution in [0.25, 0.3) is 0 Å². The highest BCUT2D eigenvalue weighted by Crippen LogP contribution is 2.15. The van der Waals surface area contributed by atoms with Crippen LogP contribution in [0.3, 0.4) is 0 Å². The molecule has 1 aromatic heterocycles. The summed E-state index contributed by atoms with van der Waals surface area (Å²) in [6.07, 6.45) is 3.30. The van der Waals surface area contributed by atoms with E-state index < -0.39 is 0 Å².